The molecule has 4 aliphatic rings. The molecule has 1 saturated carbocycles. The number of carbonyl (C=O) groups excluding carboxylic acids is 3. The van der Waals surface area contributed by atoms with Crippen LogP contribution in [0.25, 0.3) is 0 Å². The fraction of sp³-hybridized carbons (Fsp3) is 0.414. The van der Waals surface area contributed by atoms with Crippen molar-refractivity contribution in [3.05, 3.63) is 63.6 Å². The maximum absolute atomic E-state index is 13.6. The third kappa shape index (κ3) is 5.56. The average Bonchev–Trinajstić information content (AvgIpc) is 3.80. The summed E-state index contributed by atoms with van der Waals surface area (Å²) in [5, 5.41) is 21.2. The van der Waals surface area contributed by atoms with E-state index in [4.69, 9.17) is 10.6 Å². The normalized spacial score (nSPS) is 24.0. The van der Waals surface area contributed by atoms with Crippen molar-refractivity contribution in [2.24, 2.45) is 5.16 Å². The summed E-state index contributed by atoms with van der Waals surface area (Å²) in [6, 6.07) is 2.65. The van der Waals surface area contributed by atoms with Crippen LogP contribution in [-0.4, -0.2) is 79.2 Å². The SMILES string of the molecule is CC(C(=C1CCNC1=O)C1=C(C(=O)O)N2C(=O)[C@@H](NC(=O)C(=NOC3CCCC3)c3csc(N)n3)[C@H]2SC1)c1ccncc1. The minimum atomic E-state index is -1.29. The Morgan fingerprint density at radius 2 is 2.00 bits per heavy atom. The third-order valence-electron chi connectivity index (χ3n) is 8.26. The summed E-state index contributed by atoms with van der Waals surface area (Å²) < 4.78 is 0. The van der Waals surface area contributed by atoms with E-state index in [1.165, 1.54) is 16.7 Å². The highest BCUT2D eigenvalue weighted by Gasteiger charge is 2.55. The predicted octanol–water partition coefficient (Wildman–Crippen LogP) is 2.14. The second-order valence-corrected chi connectivity index (χ2v) is 12.9. The number of carboxylic acids is 1. The molecule has 13 nitrogen and oxygen atoms in total. The highest BCUT2D eigenvalue weighted by Crippen LogP contribution is 2.46. The molecule has 44 heavy (non-hydrogen) atoms. The number of thiazole rings is 1. The van der Waals surface area contributed by atoms with Crippen molar-refractivity contribution >= 4 is 57.6 Å². The minimum Gasteiger partial charge on any atom is -0.477 e. The zero-order valence-corrected chi connectivity index (χ0v) is 25.5. The van der Waals surface area contributed by atoms with Crippen LogP contribution in [0.15, 0.2) is 57.5 Å². The summed E-state index contributed by atoms with van der Waals surface area (Å²) in [7, 11) is 0. The van der Waals surface area contributed by atoms with E-state index in [9.17, 15) is 24.3 Å². The number of nitrogens with zero attached hydrogens (tertiary/aromatic N) is 4. The molecule has 0 spiro atoms. The second-order valence-electron chi connectivity index (χ2n) is 10.9. The molecule has 5 heterocycles. The van der Waals surface area contributed by atoms with E-state index in [1.807, 2.05) is 19.1 Å². The van der Waals surface area contributed by atoms with Crippen LogP contribution in [0.2, 0.25) is 0 Å². The number of rotatable bonds is 9. The van der Waals surface area contributed by atoms with Crippen LogP contribution in [-0.2, 0) is 24.0 Å². The number of hydrogen-bond donors (Lipinski definition) is 4. The van der Waals surface area contributed by atoms with Gasteiger partial charge in [0, 0.05) is 41.6 Å². The van der Waals surface area contributed by atoms with Gasteiger partial charge in [-0.25, -0.2) is 9.78 Å². The van der Waals surface area contributed by atoms with Gasteiger partial charge in [0.15, 0.2) is 10.8 Å². The van der Waals surface area contributed by atoms with Gasteiger partial charge in [-0.1, -0.05) is 12.1 Å². The van der Waals surface area contributed by atoms with Gasteiger partial charge in [-0.2, -0.15) is 0 Å². The summed E-state index contributed by atoms with van der Waals surface area (Å²) in [4.78, 5) is 67.8. The number of carboxylic acid groups (broad SMARTS) is 1. The first-order valence-corrected chi connectivity index (χ1v) is 16.3. The minimum absolute atomic E-state index is 0.1000. The van der Waals surface area contributed by atoms with Crippen molar-refractivity contribution in [3.63, 3.8) is 0 Å². The molecule has 15 heteroatoms. The van der Waals surface area contributed by atoms with E-state index >= 15 is 0 Å². The van der Waals surface area contributed by atoms with Gasteiger partial charge in [0.05, 0.1) is 0 Å². The Balaban J connectivity index is 1.29. The average molecular weight is 638 g/mol. The number of anilines is 1. The van der Waals surface area contributed by atoms with Gasteiger partial charge in [0.2, 0.25) is 5.91 Å². The number of fused-ring (bicyclic) bond motifs is 1. The number of amides is 3. The number of carbonyl (C=O) groups is 4. The number of nitrogen functional groups attached to an aromatic ring is 1. The van der Waals surface area contributed by atoms with Crippen molar-refractivity contribution in [3.8, 4) is 0 Å². The smallest absolute Gasteiger partial charge is 0.352 e. The fourth-order valence-electron chi connectivity index (χ4n) is 6.06. The molecule has 0 bridgehead atoms. The Bertz CT molecular complexity index is 1600. The molecule has 2 aromatic rings. The molecule has 230 valence electrons. The zero-order chi connectivity index (χ0) is 31.0. The van der Waals surface area contributed by atoms with Crippen molar-refractivity contribution in [1.82, 2.24) is 25.5 Å². The van der Waals surface area contributed by atoms with Gasteiger partial charge >= 0.3 is 5.97 Å². The molecule has 3 atom stereocenters. The maximum Gasteiger partial charge on any atom is 0.352 e. The zero-order valence-electron chi connectivity index (χ0n) is 23.8. The summed E-state index contributed by atoms with van der Waals surface area (Å²) in [5.41, 5.74) is 8.12. The molecule has 1 unspecified atom stereocenters. The van der Waals surface area contributed by atoms with E-state index in [2.05, 4.69) is 25.8 Å². The molecule has 3 fully saturated rings. The fourth-order valence-corrected chi connectivity index (χ4v) is 7.97. The molecule has 3 aliphatic heterocycles. The Hall–Kier alpha value is -4.24. The molecule has 1 aliphatic carbocycles. The third-order valence-corrected chi connectivity index (χ3v) is 10.2. The molecule has 0 aromatic carbocycles. The van der Waals surface area contributed by atoms with Gasteiger partial charge in [0.25, 0.3) is 11.8 Å². The Morgan fingerprint density at radius 3 is 2.64 bits per heavy atom. The molecule has 2 saturated heterocycles. The number of pyridine rings is 1. The predicted molar refractivity (Wildman–Crippen MR) is 163 cm³/mol. The summed E-state index contributed by atoms with van der Waals surface area (Å²) in [6.07, 6.45) is 7.31. The number of allylic oxidation sites excluding steroid dienone is 1. The summed E-state index contributed by atoms with van der Waals surface area (Å²) in [5.74, 6) is -2.90. The van der Waals surface area contributed by atoms with Crippen molar-refractivity contribution in [2.45, 2.75) is 62.5 Å². The Kier molecular flexibility index (Phi) is 8.40. The number of aliphatic carboxylic acids is 1. The van der Waals surface area contributed by atoms with E-state index in [0.29, 0.717) is 29.7 Å². The molecule has 0 radical (unpaired) electrons. The van der Waals surface area contributed by atoms with Crippen molar-refractivity contribution < 1.29 is 29.1 Å². The number of hydrogen-bond acceptors (Lipinski definition) is 11. The van der Waals surface area contributed by atoms with Crippen LogP contribution in [0.5, 0.6) is 0 Å². The number of nitrogens with two attached hydrogens (primary N) is 1. The van der Waals surface area contributed by atoms with Crippen molar-refractivity contribution in [2.75, 3.05) is 18.0 Å². The highest BCUT2D eigenvalue weighted by molar-refractivity contribution is 8.00. The molecule has 2 aromatic heterocycles. The summed E-state index contributed by atoms with van der Waals surface area (Å²) in [6.45, 7) is 2.36. The van der Waals surface area contributed by atoms with E-state index in [-0.39, 0.29) is 45.9 Å². The number of β-lactam (4-membered cyclic amide) rings is 1. The van der Waals surface area contributed by atoms with Gasteiger partial charge in [-0.3, -0.25) is 24.3 Å². The number of oxime groups is 1. The van der Waals surface area contributed by atoms with E-state index in [1.54, 1.807) is 17.8 Å². The first kappa shape index (κ1) is 29.8. The van der Waals surface area contributed by atoms with Gasteiger partial charge in [0.1, 0.15) is 28.9 Å². The topological polar surface area (TPSA) is 189 Å². The number of aromatic nitrogens is 2. The number of nitrogens with one attached hydrogen (secondary N) is 2. The van der Waals surface area contributed by atoms with Gasteiger partial charge < -0.3 is 26.3 Å². The Morgan fingerprint density at radius 1 is 1.25 bits per heavy atom. The van der Waals surface area contributed by atoms with Crippen LogP contribution in [0.1, 0.15) is 56.2 Å². The number of thioether (sulfide) groups is 1. The summed E-state index contributed by atoms with van der Waals surface area (Å²) >= 11 is 2.48. The standard InChI is InChI=1S/C29H31N7O6S2/c1-14(15-6-9-31-10-7-15)20(17-8-11-32-24(17)37)18-12-43-27-22(26(39)36(27)23(18)28(40)41)34-25(38)21(19-13-44-29(30)33-19)35-42-16-4-2-3-5-16/h6-7,9-10,13-14,16,22,27H,2-5,8,11-12H2,1H3,(H2,30,33)(H,32,37)(H,34,38)(H,40,41)/t14?,22-,27-/m1/s1. The lowest BCUT2D eigenvalue weighted by atomic mass is 9.83. The van der Waals surface area contributed by atoms with Gasteiger partial charge in [-0.15, -0.1) is 23.1 Å². The first-order valence-electron chi connectivity index (χ1n) is 14.3. The molecule has 6 rings (SSSR count). The lowest BCUT2D eigenvalue weighted by Crippen LogP contribution is -2.71. The lowest BCUT2D eigenvalue weighted by molar-refractivity contribution is -0.150. The van der Waals surface area contributed by atoms with E-state index in [0.717, 1.165) is 42.6 Å². The molecular weight excluding hydrogens is 606 g/mol. The first-order chi connectivity index (χ1) is 21.2. The Labute approximate surface area is 261 Å². The van der Waals surface area contributed by atoms with Crippen LogP contribution >= 0.6 is 23.1 Å². The highest BCUT2D eigenvalue weighted by atomic mass is 32.2. The van der Waals surface area contributed by atoms with Crippen LogP contribution in [0, 0.1) is 0 Å². The lowest BCUT2D eigenvalue weighted by Gasteiger charge is -2.50. The van der Waals surface area contributed by atoms with Crippen LogP contribution in [0.4, 0.5) is 5.13 Å². The maximum atomic E-state index is 13.6. The van der Waals surface area contributed by atoms with Crippen molar-refractivity contribution in [1.29, 1.82) is 0 Å². The van der Waals surface area contributed by atoms with Crippen LogP contribution in [0.3, 0.4) is 0 Å². The molecular formula is C29H31N7O6S2. The molecule has 5 N–H and O–H groups in total. The van der Waals surface area contributed by atoms with Gasteiger partial charge in [-0.05, 0) is 60.9 Å². The van der Waals surface area contributed by atoms with Crippen LogP contribution < -0.4 is 16.4 Å². The largest absolute Gasteiger partial charge is 0.477 e. The quantitative estimate of drug-likeness (QED) is 0.137. The molecule has 3 amide bonds. The van der Waals surface area contributed by atoms with E-state index < -0.39 is 29.2 Å². The second kappa shape index (κ2) is 12.4. The monoisotopic (exact) mass is 637 g/mol.